The number of urea groups is 1. The van der Waals surface area contributed by atoms with Crippen molar-refractivity contribution in [3.8, 4) is 0 Å². The minimum atomic E-state index is -0.0446. The standard InChI is InChI=1S/C12H17ClN2O/c1-3-8-14-12(16)15(2)9-10-4-6-11(13)7-5-10/h4-7H,3,8-9H2,1-2H3,(H,14,16). The topological polar surface area (TPSA) is 32.3 Å². The average molecular weight is 241 g/mol. The molecule has 1 aromatic carbocycles. The van der Waals surface area contributed by atoms with Crippen molar-refractivity contribution in [3.05, 3.63) is 34.9 Å². The summed E-state index contributed by atoms with van der Waals surface area (Å²) in [7, 11) is 1.78. The second kappa shape index (κ2) is 6.38. The van der Waals surface area contributed by atoms with Gasteiger partial charge >= 0.3 is 6.03 Å². The number of hydrogen-bond donors (Lipinski definition) is 1. The fraction of sp³-hybridized carbons (Fsp3) is 0.417. The second-order valence-electron chi connectivity index (χ2n) is 3.71. The number of amides is 2. The molecule has 0 fully saturated rings. The van der Waals surface area contributed by atoms with Gasteiger partial charge in [-0.2, -0.15) is 0 Å². The van der Waals surface area contributed by atoms with Crippen LogP contribution in [0.5, 0.6) is 0 Å². The first-order valence-corrected chi connectivity index (χ1v) is 5.74. The van der Waals surface area contributed by atoms with Crippen LogP contribution in [0.3, 0.4) is 0 Å². The molecule has 1 aromatic rings. The van der Waals surface area contributed by atoms with Gasteiger partial charge in [0.1, 0.15) is 0 Å². The Hall–Kier alpha value is -1.22. The van der Waals surface area contributed by atoms with E-state index in [1.54, 1.807) is 11.9 Å². The summed E-state index contributed by atoms with van der Waals surface area (Å²) in [6.45, 7) is 3.33. The third-order valence-electron chi connectivity index (χ3n) is 2.21. The molecule has 1 N–H and O–H groups in total. The van der Waals surface area contributed by atoms with Gasteiger partial charge in [-0.3, -0.25) is 0 Å². The van der Waals surface area contributed by atoms with Crippen molar-refractivity contribution in [1.29, 1.82) is 0 Å². The minimum Gasteiger partial charge on any atom is -0.338 e. The van der Waals surface area contributed by atoms with Gasteiger partial charge in [0.05, 0.1) is 0 Å². The summed E-state index contributed by atoms with van der Waals surface area (Å²) >= 11 is 5.79. The molecule has 0 saturated carbocycles. The molecule has 0 aliphatic heterocycles. The van der Waals surface area contributed by atoms with Crippen LogP contribution < -0.4 is 5.32 Å². The summed E-state index contributed by atoms with van der Waals surface area (Å²) in [5.41, 5.74) is 1.07. The first-order valence-electron chi connectivity index (χ1n) is 5.37. The van der Waals surface area contributed by atoms with Gasteiger partial charge in [-0.05, 0) is 24.1 Å². The normalized spacial score (nSPS) is 9.94. The van der Waals surface area contributed by atoms with E-state index >= 15 is 0 Å². The molecule has 0 aliphatic rings. The summed E-state index contributed by atoms with van der Waals surface area (Å²) in [6.07, 6.45) is 0.945. The lowest BCUT2D eigenvalue weighted by Crippen LogP contribution is -2.37. The SMILES string of the molecule is CCCNC(=O)N(C)Cc1ccc(Cl)cc1. The maximum atomic E-state index is 11.6. The van der Waals surface area contributed by atoms with Crippen LogP contribution in [0.2, 0.25) is 5.02 Å². The number of halogens is 1. The Bertz CT molecular complexity index is 337. The van der Waals surface area contributed by atoms with Gasteiger partial charge in [0.25, 0.3) is 0 Å². The Kier molecular flexibility index (Phi) is 5.12. The van der Waals surface area contributed by atoms with Crippen LogP contribution in [-0.2, 0) is 6.54 Å². The predicted octanol–water partition coefficient (Wildman–Crippen LogP) is 2.89. The smallest absolute Gasteiger partial charge is 0.317 e. The molecule has 0 bridgehead atoms. The van der Waals surface area contributed by atoms with E-state index in [4.69, 9.17) is 11.6 Å². The first kappa shape index (κ1) is 12.8. The maximum absolute atomic E-state index is 11.6. The number of hydrogen-bond acceptors (Lipinski definition) is 1. The first-order chi connectivity index (χ1) is 7.63. The molecule has 2 amide bonds. The highest BCUT2D eigenvalue weighted by Gasteiger charge is 2.07. The Morgan fingerprint density at radius 2 is 2.00 bits per heavy atom. The second-order valence-corrected chi connectivity index (χ2v) is 4.15. The molecule has 0 aliphatic carbocycles. The van der Waals surface area contributed by atoms with E-state index in [0.29, 0.717) is 18.1 Å². The van der Waals surface area contributed by atoms with Gasteiger partial charge in [-0.1, -0.05) is 30.7 Å². The highest BCUT2D eigenvalue weighted by atomic mass is 35.5. The molecule has 0 spiro atoms. The number of carbonyl (C=O) groups excluding carboxylic acids is 1. The van der Waals surface area contributed by atoms with Crippen LogP contribution in [0.1, 0.15) is 18.9 Å². The molecule has 0 atom stereocenters. The van der Waals surface area contributed by atoms with Crippen molar-refractivity contribution in [2.24, 2.45) is 0 Å². The van der Waals surface area contributed by atoms with E-state index in [9.17, 15) is 4.79 Å². The van der Waals surface area contributed by atoms with Gasteiger partial charge in [-0.25, -0.2) is 4.79 Å². The lowest BCUT2D eigenvalue weighted by Gasteiger charge is -2.17. The summed E-state index contributed by atoms with van der Waals surface area (Å²) in [5.74, 6) is 0. The zero-order valence-electron chi connectivity index (χ0n) is 9.66. The van der Waals surface area contributed by atoms with Crippen molar-refractivity contribution >= 4 is 17.6 Å². The molecule has 0 heterocycles. The minimum absolute atomic E-state index is 0.0446. The quantitative estimate of drug-likeness (QED) is 0.863. The van der Waals surface area contributed by atoms with Crippen LogP contribution in [0.4, 0.5) is 4.79 Å². The molecule has 88 valence electrons. The molecule has 3 nitrogen and oxygen atoms in total. The number of nitrogens with one attached hydrogen (secondary N) is 1. The lowest BCUT2D eigenvalue weighted by molar-refractivity contribution is 0.207. The third kappa shape index (κ3) is 4.11. The van der Waals surface area contributed by atoms with Crippen molar-refractivity contribution in [3.63, 3.8) is 0 Å². The van der Waals surface area contributed by atoms with Crippen LogP contribution in [-0.4, -0.2) is 24.5 Å². The number of nitrogens with zero attached hydrogens (tertiary/aromatic N) is 1. The van der Waals surface area contributed by atoms with Crippen LogP contribution in [0.15, 0.2) is 24.3 Å². The average Bonchev–Trinajstić information content (AvgIpc) is 2.29. The van der Waals surface area contributed by atoms with Crippen LogP contribution in [0, 0.1) is 0 Å². The number of benzene rings is 1. The number of rotatable bonds is 4. The Balaban J connectivity index is 2.47. The van der Waals surface area contributed by atoms with E-state index in [1.165, 1.54) is 0 Å². The van der Waals surface area contributed by atoms with Crippen LogP contribution >= 0.6 is 11.6 Å². The van der Waals surface area contributed by atoms with E-state index in [0.717, 1.165) is 12.0 Å². The zero-order chi connectivity index (χ0) is 12.0. The molecule has 1 rings (SSSR count). The van der Waals surface area contributed by atoms with Crippen molar-refractivity contribution in [2.45, 2.75) is 19.9 Å². The fourth-order valence-electron chi connectivity index (χ4n) is 1.30. The highest BCUT2D eigenvalue weighted by molar-refractivity contribution is 6.30. The summed E-state index contributed by atoms with van der Waals surface area (Å²) in [6, 6.07) is 7.46. The highest BCUT2D eigenvalue weighted by Crippen LogP contribution is 2.10. The molecule has 4 heteroatoms. The van der Waals surface area contributed by atoms with Crippen molar-refractivity contribution < 1.29 is 4.79 Å². The van der Waals surface area contributed by atoms with Gasteiger partial charge in [-0.15, -0.1) is 0 Å². The largest absolute Gasteiger partial charge is 0.338 e. The molecule has 0 saturated heterocycles. The third-order valence-corrected chi connectivity index (χ3v) is 2.46. The molecule has 16 heavy (non-hydrogen) atoms. The molecule has 0 radical (unpaired) electrons. The number of carbonyl (C=O) groups is 1. The Morgan fingerprint density at radius 3 is 2.56 bits per heavy atom. The van der Waals surface area contributed by atoms with E-state index in [2.05, 4.69) is 5.32 Å². The summed E-state index contributed by atoms with van der Waals surface area (Å²) in [5, 5.41) is 3.53. The van der Waals surface area contributed by atoms with Gasteiger partial charge in [0, 0.05) is 25.2 Å². The van der Waals surface area contributed by atoms with E-state index in [-0.39, 0.29) is 6.03 Å². The monoisotopic (exact) mass is 240 g/mol. The Morgan fingerprint density at radius 1 is 1.38 bits per heavy atom. The molecular formula is C12H17ClN2O. The molecule has 0 aromatic heterocycles. The van der Waals surface area contributed by atoms with Crippen molar-refractivity contribution in [2.75, 3.05) is 13.6 Å². The fourth-order valence-corrected chi connectivity index (χ4v) is 1.43. The van der Waals surface area contributed by atoms with E-state index < -0.39 is 0 Å². The van der Waals surface area contributed by atoms with Crippen LogP contribution in [0.25, 0.3) is 0 Å². The predicted molar refractivity (Wildman–Crippen MR) is 66.6 cm³/mol. The molecular weight excluding hydrogens is 224 g/mol. The Labute approximate surface area is 101 Å². The van der Waals surface area contributed by atoms with Gasteiger partial charge < -0.3 is 10.2 Å². The summed E-state index contributed by atoms with van der Waals surface area (Å²) in [4.78, 5) is 13.2. The van der Waals surface area contributed by atoms with Gasteiger partial charge in [0.2, 0.25) is 0 Å². The summed E-state index contributed by atoms with van der Waals surface area (Å²) < 4.78 is 0. The van der Waals surface area contributed by atoms with Crippen molar-refractivity contribution in [1.82, 2.24) is 10.2 Å². The van der Waals surface area contributed by atoms with E-state index in [1.807, 2.05) is 31.2 Å². The maximum Gasteiger partial charge on any atom is 0.317 e. The zero-order valence-corrected chi connectivity index (χ0v) is 10.4. The van der Waals surface area contributed by atoms with Gasteiger partial charge in [0.15, 0.2) is 0 Å². The molecule has 0 unspecified atom stereocenters. The lowest BCUT2D eigenvalue weighted by atomic mass is 10.2.